The van der Waals surface area contributed by atoms with Crippen molar-refractivity contribution in [1.29, 1.82) is 0 Å². The summed E-state index contributed by atoms with van der Waals surface area (Å²) >= 11 is 1.91. The first-order valence-electron chi connectivity index (χ1n) is 7.87. The van der Waals surface area contributed by atoms with Crippen LogP contribution in [0, 0.1) is 12.8 Å². The van der Waals surface area contributed by atoms with Crippen molar-refractivity contribution in [3.8, 4) is 0 Å². The summed E-state index contributed by atoms with van der Waals surface area (Å²) in [5.74, 6) is 3.07. The fourth-order valence-corrected chi connectivity index (χ4v) is 3.54. The minimum Gasteiger partial charge on any atom is -0.356 e. The van der Waals surface area contributed by atoms with Gasteiger partial charge in [0.2, 0.25) is 0 Å². The molecular weight excluding hydrogens is 280 g/mol. The molecule has 0 saturated carbocycles. The van der Waals surface area contributed by atoms with E-state index in [0.717, 1.165) is 31.0 Å². The fourth-order valence-electron chi connectivity index (χ4n) is 2.69. The van der Waals surface area contributed by atoms with Gasteiger partial charge in [-0.3, -0.25) is 4.68 Å². The molecule has 0 aliphatic heterocycles. The van der Waals surface area contributed by atoms with Gasteiger partial charge in [0.15, 0.2) is 0 Å². The van der Waals surface area contributed by atoms with Crippen LogP contribution in [-0.4, -0.2) is 41.4 Å². The number of anilines is 1. The van der Waals surface area contributed by atoms with Crippen molar-refractivity contribution in [1.82, 2.24) is 15.1 Å². The maximum atomic E-state index is 4.63. The first-order valence-corrected chi connectivity index (χ1v) is 9.26. The quantitative estimate of drug-likeness (QED) is 0.760. The molecule has 1 aromatic rings. The van der Waals surface area contributed by atoms with Crippen molar-refractivity contribution in [2.24, 2.45) is 13.0 Å². The highest BCUT2D eigenvalue weighted by Gasteiger charge is 2.21. The number of nitrogens with zero attached hydrogens (tertiary/aromatic N) is 3. The number of nitrogens with one attached hydrogen (secondary N) is 1. The highest BCUT2D eigenvalue weighted by Crippen LogP contribution is 2.25. The van der Waals surface area contributed by atoms with Crippen LogP contribution in [0.3, 0.4) is 0 Å². The molecule has 1 aromatic heterocycles. The summed E-state index contributed by atoms with van der Waals surface area (Å²) in [6.07, 6.45) is 3.33. The van der Waals surface area contributed by atoms with Crippen LogP contribution in [0.5, 0.6) is 0 Å². The third-order valence-electron chi connectivity index (χ3n) is 3.88. The number of thioether (sulfide) groups is 1. The first-order chi connectivity index (χ1) is 9.92. The van der Waals surface area contributed by atoms with Crippen molar-refractivity contribution in [2.45, 2.75) is 46.7 Å². The van der Waals surface area contributed by atoms with E-state index in [1.165, 1.54) is 11.4 Å². The Hall–Kier alpha value is -0.680. The summed E-state index contributed by atoms with van der Waals surface area (Å²) in [4.78, 5) is 2.41. The standard InChI is InChI=1S/C16H32N4S/c1-8-14(11-21-7)19(5)16-15(10-17-9-12(2)3)13(4)18-20(16)6/h12,14,17H,8-11H2,1-7H3. The number of rotatable bonds is 9. The lowest BCUT2D eigenvalue weighted by molar-refractivity contribution is 0.550. The molecule has 0 aliphatic carbocycles. The van der Waals surface area contributed by atoms with E-state index in [1.807, 2.05) is 16.4 Å². The van der Waals surface area contributed by atoms with Crippen LogP contribution < -0.4 is 10.2 Å². The SMILES string of the molecule is CCC(CSC)N(C)c1c(CNCC(C)C)c(C)nn1C. The summed E-state index contributed by atoms with van der Waals surface area (Å²) in [6, 6.07) is 0.554. The smallest absolute Gasteiger partial charge is 0.131 e. The maximum Gasteiger partial charge on any atom is 0.131 e. The number of aryl methyl sites for hydroxylation is 2. The number of hydrogen-bond acceptors (Lipinski definition) is 4. The Balaban J connectivity index is 2.94. The first kappa shape index (κ1) is 18.4. The van der Waals surface area contributed by atoms with Crippen LogP contribution in [0.4, 0.5) is 5.82 Å². The lowest BCUT2D eigenvalue weighted by atomic mass is 10.1. The Labute approximate surface area is 134 Å². The van der Waals surface area contributed by atoms with Gasteiger partial charge in [-0.2, -0.15) is 16.9 Å². The fraction of sp³-hybridized carbons (Fsp3) is 0.812. The second kappa shape index (κ2) is 8.69. The summed E-state index contributed by atoms with van der Waals surface area (Å²) in [6.45, 7) is 10.8. The Morgan fingerprint density at radius 1 is 1.38 bits per heavy atom. The van der Waals surface area contributed by atoms with Crippen LogP contribution >= 0.6 is 11.8 Å². The van der Waals surface area contributed by atoms with Crippen molar-refractivity contribution < 1.29 is 0 Å². The van der Waals surface area contributed by atoms with E-state index < -0.39 is 0 Å². The predicted octanol–water partition coefficient (Wildman–Crippen LogP) is 3.05. The minimum atomic E-state index is 0.554. The van der Waals surface area contributed by atoms with E-state index >= 15 is 0 Å². The lowest BCUT2D eigenvalue weighted by Crippen LogP contribution is -2.35. The van der Waals surface area contributed by atoms with Crippen LogP contribution in [0.25, 0.3) is 0 Å². The van der Waals surface area contributed by atoms with Crippen LogP contribution in [0.1, 0.15) is 38.4 Å². The van der Waals surface area contributed by atoms with Crippen LogP contribution in [-0.2, 0) is 13.6 Å². The van der Waals surface area contributed by atoms with Gasteiger partial charge in [-0.05, 0) is 32.1 Å². The topological polar surface area (TPSA) is 33.1 Å². The maximum absolute atomic E-state index is 4.63. The lowest BCUT2D eigenvalue weighted by Gasteiger charge is -2.29. The Morgan fingerprint density at radius 3 is 2.57 bits per heavy atom. The van der Waals surface area contributed by atoms with Crippen molar-refractivity contribution in [3.05, 3.63) is 11.3 Å². The van der Waals surface area contributed by atoms with Gasteiger partial charge in [-0.25, -0.2) is 0 Å². The molecule has 1 heterocycles. The van der Waals surface area contributed by atoms with E-state index in [2.05, 4.69) is 63.4 Å². The van der Waals surface area contributed by atoms with Crippen molar-refractivity contribution >= 4 is 17.6 Å². The number of hydrogen-bond donors (Lipinski definition) is 1. The van der Waals surface area contributed by atoms with E-state index in [9.17, 15) is 0 Å². The molecule has 0 aliphatic rings. The van der Waals surface area contributed by atoms with Gasteiger partial charge in [0.25, 0.3) is 0 Å². The summed E-state index contributed by atoms with van der Waals surface area (Å²) < 4.78 is 2.03. The molecule has 21 heavy (non-hydrogen) atoms. The van der Waals surface area contributed by atoms with Crippen molar-refractivity contribution in [3.63, 3.8) is 0 Å². The molecule has 0 saturated heterocycles. The molecule has 0 aromatic carbocycles. The summed E-state index contributed by atoms with van der Waals surface area (Å²) in [5.41, 5.74) is 2.47. The highest BCUT2D eigenvalue weighted by molar-refractivity contribution is 7.98. The van der Waals surface area contributed by atoms with E-state index in [1.54, 1.807) is 0 Å². The number of aromatic nitrogens is 2. The molecular formula is C16H32N4S. The molecule has 1 rings (SSSR count). The van der Waals surface area contributed by atoms with Gasteiger partial charge in [-0.1, -0.05) is 20.8 Å². The molecule has 122 valence electrons. The largest absolute Gasteiger partial charge is 0.356 e. The Kier molecular flexibility index (Phi) is 7.60. The molecule has 1 unspecified atom stereocenters. The van der Waals surface area contributed by atoms with Gasteiger partial charge >= 0.3 is 0 Å². The van der Waals surface area contributed by atoms with E-state index in [0.29, 0.717) is 12.0 Å². The molecule has 1 N–H and O–H groups in total. The molecule has 0 radical (unpaired) electrons. The van der Waals surface area contributed by atoms with Gasteiger partial charge in [-0.15, -0.1) is 0 Å². The van der Waals surface area contributed by atoms with Gasteiger partial charge in [0.05, 0.1) is 5.69 Å². The molecule has 0 bridgehead atoms. The molecule has 0 spiro atoms. The molecule has 0 amide bonds. The molecule has 0 fully saturated rings. The second-order valence-corrected chi connectivity index (χ2v) is 7.07. The van der Waals surface area contributed by atoms with E-state index in [-0.39, 0.29) is 0 Å². The van der Waals surface area contributed by atoms with Gasteiger partial charge < -0.3 is 10.2 Å². The molecule has 5 heteroatoms. The Morgan fingerprint density at radius 2 is 2.05 bits per heavy atom. The van der Waals surface area contributed by atoms with Crippen molar-refractivity contribution in [2.75, 3.05) is 30.5 Å². The Bertz CT molecular complexity index is 428. The summed E-state index contributed by atoms with van der Waals surface area (Å²) in [7, 11) is 4.25. The zero-order valence-electron chi connectivity index (χ0n) is 14.7. The minimum absolute atomic E-state index is 0.554. The molecule has 1 atom stereocenters. The highest BCUT2D eigenvalue weighted by atomic mass is 32.2. The third-order valence-corrected chi connectivity index (χ3v) is 4.60. The van der Waals surface area contributed by atoms with Gasteiger partial charge in [0.1, 0.15) is 5.82 Å². The predicted molar refractivity (Wildman–Crippen MR) is 95.4 cm³/mol. The van der Waals surface area contributed by atoms with Gasteiger partial charge in [0, 0.05) is 38.0 Å². The monoisotopic (exact) mass is 312 g/mol. The average molecular weight is 313 g/mol. The zero-order valence-corrected chi connectivity index (χ0v) is 15.5. The second-order valence-electron chi connectivity index (χ2n) is 6.16. The summed E-state index contributed by atoms with van der Waals surface area (Å²) in [5, 5.41) is 8.19. The van der Waals surface area contributed by atoms with E-state index in [4.69, 9.17) is 0 Å². The normalized spacial score (nSPS) is 13.0. The molecule has 4 nitrogen and oxygen atoms in total. The van der Waals surface area contributed by atoms with Crippen LogP contribution in [0.15, 0.2) is 0 Å². The third kappa shape index (κ3) is 4.92. The zero-order chi connectivity index (χ0) is 16.0. The van der Waals surface area contributed by atoms with Crippen LogP contribution in [0.2, 0.25) is 0 Å². The average Bonchev–Trinajstić information content (AvgIpc) is 2.69.